The Morgan fingerprint density at radius 3 is 2.75 bits per heavy atom. The van der Waals surface area contributed by atoms with Gasteiger partial charge in [-0.05, 0) is 46.1 Å². The molecule has 0 bridgehead atoms. The number of hydrogen-bond donors (Lipinski definition) is 1. The standard InChI is InChI=1S/C21H32N6O/c1-16-11-17(2)27(24-16)10-8-21(28)23-20-15-26(13-18(20)12-25(3)4)14-19-7-5-6-9-22-19/h5-7,9,11,18,20H,8,10,12-15H2,1-4H3,(H,23,28)/t18-,20-/m1/s1. The highest BCUT2D eigenvalue weighted by atomic mass is 16.1. The number of nitrogens with zero attached hydrogens (tertiary/aromatic N) is 5. The van der Waals surface area contributed by atoms with Gasteiger partial charge in [0.25, 0.3) is 0 Å². The maximum atomic E-state index is 12.6. The van der Waals surface area contributed by atoms with Crippen LogP contribution in [0.5, 0.6) is 0 Å². The second-order valence-corrected chi connectivity index (χ2v) is 8.11. The molecule has 3 heterocycles. The molecular weight excluding hydrogens is 352 g/mol. The molecule has 0 unspecified atom stereocenters. The van der Waals surface area contributed by atoms with E-state index in [1.807, 2.05) is 42.9 Å². The van der Waals surface area contributed by atoms with E-state index >= 15 is 0 Å². The predicted octanol–water partition coefficient (Wildman–Crippen LogP) is 1.46. The Morgan fingerprint density at radius 1 is 1.29 bits per heavy atom. The molecule has 1 fully saturated rings. The molecule has 0 saturated carbocycles. The highest BCUT2D eigenvalue weighted by molar-refractivity contribution is 5.76. The number of amides is 1. The van der Waals surface area contributed by atoms with Crippen LogP contribution in [-0.4, -0.2) is 70.2 Å². The first-order valence-corrected chi connectivity index (χ1v) is 9.98. The first kappa shape index (κ1) is 20.5. The molecule has 28 heavy (non-hydrogen) atoms. The lowest BCUT2D eigenvalue weighted by atomic mass is 10.0. The fourth-order valence-corrected chi connectivity index (χ4v) is 4.02. The van der Waals surface area contributed by atoms with Crippen LogP contribution in [-0.2, 0) is 17.9 Å². The van der Waals surface area contributed by atoms with Crippen molar-refractivity contribution in [1.29, 1.82) is 0 Å². The van der Waals surface area contributed by atoms with Gasteiger partial charge >= 0.3 is 0 Å². The number of carbonyl (C=O) groups excluding carboxylic acids is 1. The van der Waals surface area contributed by atoms with Crippen molar-refractivity contribution in [2.75, 3.05) is 33.7 Å². The van der Waals surface area contributed by atoms with E-state index < -0.39 is 0 Å². The minimum Gasteiger partial charge on any atom is -0.352 e. The van der Waals surface area contributed by atoms with Crippen molar-refractivity contribution >= 4 is 5.91 Å². The van der Waals surface area contributed by atoms with Crippen molar-refractivity contribution in [3.8, 4) is 0 Å². The molecule has 0 spiro atoms. The fraction of sp³-hybridized carbons (Fsp3) is 0.571. The first-order chi connectivity index (χ1) is 13.4. The topological polar surface area (TPSA) is 66.3 Å². The fourth-order valence-electron chi connectivity index (χ4n) is 4.02. The van der Waals surface area contributed by atoms with Gasteiger partial charge in [0.15, 0.2) is 0 Å². The monoisotopic (exact) mass is 384 g/mol. The van der Waals surface area contributed by atoms with Gasteiger partial charge in [-0.15, -0.1) is 0 Å². The number of carbonyl (C=O) groups is 1. The number of nitrogens with one attached hydrogen (secondary N) is 1. The maximum absolute atomic E-state index is 12.6. The van der Waals surface area contributed by atoms with Crippen molar-refractivity contribution in [3.63, 3.8) is 0 Å². The van der Waals surface area contributed by atoms with Gasteiger partial charge in [0.1, 0.15) is 0 Å². The molecule has 0 aliphatic carbocycles. The van der Waals surface area contributed by atoms with E-state index in [1.54, 1.807) is 0 Å². The first-order valence-electron chi connectivity index (χ1n) is 9.98. The molecule has 2 atom stereocenters. The van der Waals surface area contributed by atoms with Crippen LogP contribution in [0.3, 0.4) is 0 Å². The van der Waals surface area contributed by atoms with E-state index in [-0.39, 0.29) is 11.9 Å². The van der Waals surface area contributed by atoms with Gasteiger partial charge in [0, 0.05) is 63.0 Å². The van der Waals surface area contributed by atoms with Gasteiger partial charge in [-0.25, -0.2) is 0 Å². The van der Waals surface area contributed by atoms with Crippen molar-refractivity contribution in [1.82, 2.24) is 29.9 Å². The van der Waals surface area contributed by atoms with E-state index in [0.29, 0.717) is 18.9 Å². The van der Waals surface area contributed by atoms with Gasteiger partial charge in [-0.3, -0.25) is 19.4 Å². The molecule has 7 nitrogen and oxygen atoms in total. The zero-order chi connectivity index (χ0) is 20.1. The van der Waals surface area contributed by atoms with Crippen molar-refractivity contribution in [3.05, 3.63) is 47.5 Å². The Bertz CT molecular complexity index is 772. The lowest BCUT2D eigenvalue weighted by Crippen LogP contribution is -2.43. The SMILES string of the molecule is Cc1cc(C)n(CCC(=O)N[C@@H]2CN(Cc3ccccn3)C[C@H]2CN(C)C)n1. The summed E-state index contributed by atoms with van der Waals surface area (Å²) >= 11 is 0. The van der Waals surface area contributed by atoms with Crippen LogP contribution in [0.2, 0.25) is 0 Å². The van der Waals surface area contributed by atoms with Crippen molar-refractivity contribution < 1.29 is 4.79 Å². The number of aromatic nitrogens is 3. The zero-order valence-corrected chi connectivity index (χ0v) is 17.4. The highest BCUT2D eigenvalue weighted by Gasteiger charge is 2.34. The zero-order valence-electron chi connectivity index (χ0n) is 17.4. The van der Waals surface area contributed by atoms with Gasteiger partial charge in [0.05, 0.1) is 11.4 Å². The average Bonchev–Trinajstić information content (AvgIpc) is 3.15. The van der Waals surface area contributed by atoms with Crippen LogP contribution in [0.1, 0.15) is 23.5 Å². The molecule has 3 rings (SSSR count). The van der Waals surface area contributed by atoms with E-state index in [9.17, 15) is 4.79 Å². The largest absolute Gasteiger partial charge is 0.352 e. The molecule has 1 amide bonds. The molecule has 7 heteroatoms. The van der Waals surface area contributed by atoms with Gasteiger partial charge < -0.3 is 10.2 Å². The summed E-state index contributed by atoms with van der Waals surface area (Å²) in [5.41, 5.74) is 3.16. The third-order valence-electron chi connectivity index (χ3n) is 5.23. The van der Waals surface area contributed by atoms with Gasteiger partial charge in [-0.2, -0.15) is 5.10 Å². The summed E-state index contributed by atoms with van der Waals surface area (Å²) < 4.78 is 1.91. The normalized spacial score (nSPS) is 20.0. The molecule has 2 aromatic rings. The van der Waals surface area contributed by atoms with Gasteiger partial charge in [-0.1, -0.05) is 6.07 Å². The molecule has 0 radical (unpaired) electrons. The van der Waals surface area contributed by atoms with E-state index in [1.165, 1.54) is 0 Å². The van der Waals surface area contributed by atoms with Gasteiger partial charge in [0.2, 0.25) is 5.91 Å². The summed E-state index contributed by atoms with van der Waals surface area (Å²) in [6.45, 7) is 8.23. The molecule has 2 aromatic heterocycles. The van der Waals surface area contributed by atoms with Crippen LogP contribution < -0.4 is 5.32 Å². The Labute approximate surface area is 167 Å². The third-order valence-corrected chi connectivity index (χ3v) is 5.23. The number of hydrogen-bond acceptors (Lipinski definition) is 5. The van der Waals surface area contributed by atoms with E-state index in [2.05, 4.69) is 45.4 Å². The van der Waals surface area contributed by atoms with E-state index in [0.717, 1.165) is 43.3 Å². The van der Waals surface area contributed by atoms with E-state index in [4.69, 9.17) is 0 Å². The Morgan fingerprint density at radius 2 is 2.11 bits per heavy atom. The smallest absolute Gasteiger partial charge is 0.222 e. The summed E-state index contributed by atoms with van der Waals surface area (Å²) in [6, 6.07) is 8.22. The summed E-state index contributed by atoms with van der Waals surface area (Å²) in [5.74, 6) is 0.511. The van der Waals surface area contributed by atoms with Crippen LogP contribution in [0, 0.1) is 19.8 Å². The maximum Gasteiger partial charge on any atom is 0.222 e. The summed E-state index contributed by atoms with van der Waals surface area (Å²) in [7, 11) is 4.17. The average molecular weight is 385 g/mol. The third kappa shape index (κ3) is 5.62. The number of aryl methyl sites for hydroxylation is 3. The minimum atomic E-state index is 0.0981. The van der Waals surface area contributed by atoms with Crippen LogP contribution in [0.4, 0.5) is 0 Å². The van der Waals surface area contributed by atoms with Crippen LogP contribution >= 0.6 is 0 Å². The number of pyridine rings is 1. The molecule has 0 aromatic carbocycles. The molecular formula is C21H32N6O. The Hall–Kier alpha value is -2.25. The second kappa shape index (κ2) is 9.30. The van der Waals surface area contributed by atoms with Crippen LogP contribution in [0.15, 0.2) is 30.5 Å². The summed E-state index contributed by atoms with van der Waals surface area (Å²) in [6.07, 6.45) is 2.29. The molecule has 1 saturated heterocycles. The minimum absolute atomic E-state index is 0.0981. The Balaban J connectivity index is 1.56. The summed E-state index contributed by atoms with van der Waals surface area (Å²) in [5, 5.41) is 7.72. The Kier molecular flexibility index (Phi) is 6.80. The number of likely N-dealkylation sites (tertiary alicyclic amines) is 1. The second-order valence-electron chi connectivity index (χ2n) is 8.11. The lowest BCUT2D eigenvalue weighted by molar-refractivity contribution is -0.122. The summed E-state index contributed by atoms with van der Waals surface area (Å²) in [4.78, 5) is 21.6. The van der Waals surface area contributed by atoms with Crippen molar-refractivity contribution in [2.45, 2.75) is 39.4 Å². The molecule has 1 aliphatic rings. The predicted molar refractivity (Wildman–Crippen MR) is 110 cm³/mol. The molecule has 152 valence electrons. The number of rotatable bonds is 8. The highest BCUT2D eigenvalue weighted by Crippen LogP contribution is 2.20. The molecule has 1 aliphatic heterocycles. The molecule has 1 N–H and O–H groups in total. The van der Waals surface area contributed by atoms with Crippen molar-refractivity contribution in [2.24, 2.45) is 5.92 Å². The van der Waals surface area contributed by atoms with Crippen LogP contribution in [0.25, 0.3) is 0 Å². The lowest BCUT2D eigenvalue weighted by Gasteiger charge is -2.23. The quantitative estimate of drug-likeness (QED) is 0.747.